The number of halogens is 2. The summed E-state index contributed by atoms with van der Waals surface area (Å²) in [4.78, 5) is 12.5. The standard InChI is InChI=1S/C12H13BrClN5O/c1-3-20-12-18-10(15-2)17-11(19-12)16-8-6-4-5-7(14)9(8)13/h4-6H,3H2,1-2H3,(H2,15,16,17,18,19). The minimum Gasteiger partial charge on any atom is -0.464 e. The molecule has 1 aromatic carbocycles. The first-order valence-electron chi connectivity index (χ1n) is 5.91. The first-order valence-corrected chi connectivity index (χ1v) is 7.08. The number of hydrogen-bond acceptors (Lipinski definition) is 6. The average molecular weight is 359 g/mol. The van der Waals surface area contributed by atoms with Gasteiger partial charge in [0.25, 0.3) is 0 Å². The monoisotopic (exact) mass is 357 g/mol. The molecule has 2 aromatic rings. The SMILES string of the molecule is CCOc1nc(NC)nc(Nc2cccc(Cl)c2Br)n1. The van der Waals surface area contributed by atoms with E-state index in [0.717, 1.165) is 10.2 Å². The van der Waals surface area contributed by atoms with E-state index in [-0.39, 0.29) is 6.01 Å². The largest absolute Gasteiger partial charge is 0.464 e. The molecule has 0 radical (unpaired) electrons. The molecular formula is C12H13BrClN5O. The molecule has 0 saturated heterocycles. The number of benzene rings is 1. The summed E-state index contributed by atoms with van der Waals surface area (Å²) in [6.45, 7) is 2.34. The summed E-state index contributed by atoms with van der Waals surface area (Å²) in [7, 11) is 1.73. The van der Waals surface area contributed by atoms with Crippen LogP contribution in [0.15, 0.2) is 22.7 Å². The van der Waals surface area contributed by atoms with Gasteiger partial charge in [-0.15, -0.1) is 0 Å². The van der Waals surface area contributed by atoms with E-state index in [1.165, 1.54) is 0 Å². The van der Waals surface area contributed by atoms with Gasteiger partial charge in [-0.25, -0.2) is 0 Å². The normalized spacial score (nSPS) is 10.2. The highest BCUT2D eigenvalue weighted by Crippen LogP contribution is 2.31. The fourth-order valence-corrected chi connectivity index (χ4v) is 1.98. The Morgan fingerprint density at radius 1 is 1.25 bits per heavy atom. The smallest absolute Gasteiger partial charge is 0.323 e. The summed E-state index contributed by atoms with van der Waals surface area (Å²) in [6.07, 6.45) is 0. The topological polar surface area (TPSA) is 72.0 Å². The Hall–Kier alpha value is -1.60. The second kappa shape index (κ2) is 6.71. The third-order valence-corrected chi connectivity index (χ3v) is 3.71. The Morgan fingerprint density at radius 3 is 2.70 bits per heavy atom. The second-order valence-corrected chi connectivity index (χ2v) is 4.87. The Balaban J connectivity index is 2.32. The van der Waals surface area contributed by atoms with Crippen LogP contribution in [0.2, 0.25) is 5.02 Å². The van der Waals surface area contributed by atoms with Gasteiger partial charge >= 0.3 is 6.01 Å². The van der Waals surface area contributed by atoms with Crippen LogP contribution in [0.4, 0.5) is 17.6 Å². The Bertz CT molecular complexity index is 610. The third kappa shape index (κ3) is 3.49. The molecule has 0 spiro atoms. The molecule has 0 aliphatic carbocycles. The first-order chi connectivity index (χ1) is 9.63. The van der Waals surface area contributed by atoms with Gasteiger partial charge in [-0.3, -0.25) is 0 Å². The summed E-state index contributed by atoms with van der Waals surface area (Å²) >= 11 is 9.45. The van der Waals surface area contributed by atoms with Crippen molar-refractivity contribution in [3.8, 4) is 6.01 Å². The number of aromatic nitrogens is 3. The van der Waals surface area contributed by atoms with Crippen LogP contribution in [0, 0.1) is 0 Å². The van der Waals surface area contributed by atoms with Gasteiger partial charge in [0.1, 0.15) is 0 Å². The number of rotatable bonds is 5. The molecule has 106 valence electrons. The second-order valence-electron chi connectivity index (χ2n) is 3.67. The lowest BCUT2D eigenvalue weighted by molar-refractivity contribution is 0.312. The van der Waals surface area contributed by atoms with E-state index >= 15 is 0 Å². The molecule has 0 saturated carbocycles. The average Bonchev–Trinajstić information content (AvgIpc) is 2.44. The highest BCUT2D eigenvalue weighted by Gasteiger charge is 2.09. The third-order valence-electron chi connectivity index (χ3n) is 2.31. The molecule has 1 heterocycles. The van der Waals surface area contributed by atoms with Crippen molar-refractivity contribution in [3.63, 3.8) is 0 Å². The van der Waals surface area contributed by atoms with Gasteiger partial charge in [0.15, 0.2) is 0 Å². The number of nitrogens with one attached hydrogen (secondary N) is 2. The quantitative estimate of drug-likeness (QED) is 0.852. The van der Waals surface area contributed by atoms with Gasteiger partial charge in [0, 0.05) is 7.05 Å². The van der Waals surface area contributed by atoms with Gasteiger partial charge in [-0.05, 0) is 35.0 Å². The molecule has 0 atom stereocenters. The van der Waals surface area contributed by atoms with Crippen LogP contribution in [-0.2, 0) is 0 Å². The Labute approximate surface area is 130 Å². The summed E-state index contributed by atoms with van der Waals surface area (Å²) in [5, 5.41) is 6.53. The van der Waals surface area contributed by atoms with Crippen LogP contribution in [0.1, 0.15) is 6.92 Å². The van der Waals surface area contributed by atoms with Gasteiger partial charge < -0.3 is 15.4 Å². The van der Waals surface area contributed by atoms with Gasteiger partial charge in [-0.1, -0.05) is 17.7 Å². The maximum Gasteiger partial charge on any atom is 0.323 e. The highest BCUT2D eigenvalue weighted by atomic mass is 79.9. The van der Waals surface area contributed by atoms with Gasteiger partial charge in [0.2, 0.25) is 11.9 Å². The van der Waals surface area contributed by atoms with E-state index in [4.69, 9.17) is 16.3 Å². The molecule has 0 aliphatic heterocycles. The van der Waals surface area contributed by atoms with Crippen LogP contribution in [-0.4, -0.2) is 28.6 Å². The van der Waals surface area contributed by atoms with Gasteiger partial charge in [-0.2, -0.15) is 15.0 Å². The molecule has 0 unspecified atom stereocenters. The fourth-order valence-electron chi connectivity index (χ4n) is 1.44. The molecule has 8 heteroatoms. The molecular weight excluding hydrogens is 346 g/mol. The molecule has 0 aliphatic rings. The van der Waals surface area contributed by atoms with Crippen molar-refractivity contribution in [2.75, 3.05) is 24.3 Å². The van der Waals surface area contributed by atoms with Crippen molar-refractivity contribution in [3.05, 3.63) is 27.7 Å². The van der Waals surface area contributed by atoms with Crippen molar-refractivity contribution in [2.45, 2.75) is 6.92 Å². The zero-order chi connectivity index (χ0) is 14.5. The molecule has 20 heavy (non-hydrogen) atoms. The van der Waals surface area contributed by atoms with Gasteiger partial charge in [0.05, 0.1) is 21.8 Å². The zero-order valence-corrected chi connectivity index (χ0v) is 13.3. The minimum absolute atomic E-state index is 0.257. The number of nitrogens with zero attached hydrogens (tertiary/aromatic N) is 3. The van der Waals surface area contributed by atoms with Crippen molar-refractivity contribution in [1.82, 2.24) is 15.0 Å². The first kappa shape index (κ1) is 14.8. The summed E-state index contributed by atoms with van der Waals surface area (Å²) in [5.41, 5.74) is 0.758. The fraction of sp³-hybridized carbons (Fsp3) is 0.250. The van der Waals surface area contributed by atoms with Crippen LogP contribution in [0.25, 0.3) is 0 Å². The Kier molecular flexibility index (Phi) is 4.97. The molecule has 0 amide bonds. The van der Waals surface area contributed by atoms with Crippen LogP contribution in [0.3, 0.4) is 0 Å². The molecule has 2 N–H and O–H groups in total. The lowest BCUT2D eigenvalue weighted by atomic mass is 10.3. The van der Waals surface area contributed by atoms with E-state index in [9.17, 15) is 0 Å². The predicted octanol–water partition coefficient (Wildman–Crippen LogP) is 3.47. The summed E-state index contributed by atoms with van der Waals surface area (Å²) in [5.74, 6) is 0.792. The number of hydrogen-bond donors (Lipinski definition) is 2. The van der Waals surface area contributed by atoms with E-state index < -0.39 is 0 Å². The van der Waals surface area contributed by atoms with Crippen molar-refractivity contribution >= 4 is 45.1 Å². The maximum absolute atomic E-state index is 6.04. The molecule has 0 bridgehead atoms. The molecule has 6 nitrogen and oxygen atoms in total. The minimum atomic E-state index is 0.257. The predicted molar refractivity (Wildman–Crippen MR) is 83.0 cm³/mol. The van der Waals surface area contributed by atoms with E-state index in [1.54, 1.807) is 13.1 Å². The zero-order valence-electron chi connectivity index (χ0n) is 10.9. The van der Waals surface area contributed by atoms with Crippen molar-refractivity contribution in [2.24, 2.45) is 0 Å². The molecule has 0 fully saturated rings. The van der Waals surface area contributed by atoms with Crippen LogP contribution < -0.4 is 15.4 Å². The molecule has 2 rings (SSSR count). The summed E-state index contributed by atoms with van der Waals surface area (Å²) in [6, 6.07) is 5.74. The van der Waals surface area contributed by atoms with E-state index in [0.29, 0.717) is 23.5 Å². The van der Waals surface area contributed by atoms with Crippen LogP contribution >= 0.6 is 27.5 Å². The Morgan fingerprint density at radius 2 is 2.00 bits per heavy atom. The lowest BCUT2D eigenvalue weighted by Gasteiger charge is -2.10. The van der Waals surface area contributed by atoms with Crippen molar-refractivity contribution in [1.29, 1.82) is 0 Å². The highest BCUT2D eigenvalue weighted by molar-refractivity contribution is 9.10. The maximum atomic E-state index is 6.04. The summed E-state index contributed by atoms with van der Waals surface area (Å²) < 4.78 is 6.04. The molecule has 1 aromatic heterocycles. The van der Waals surface area contributed by atoms with Crippen molar-refractivity contribution < 1.29 is 4.74 Å². The van der Waals surface area contributed by atoms with E-state index in [2.05, 4.69) is 41.5 Å². The lowest BCUT2D eigenvalue weighted by Crippen LogP contribution is -2.07. The van der Waals surface area contributed by atoms with Crippen LogP contribution in [0.5, 0.6) is 6.01 Å². The number of ether oxygens (including phenoxy) is 1. The van der Waals surface area contributed by atoms with E-state index in [1.807, 2.05) is 19.1 Å². The number of anilines is 3.